The van der Waals surface area contributed by atoms with E-state index in [1.807, 2.05) is 0 Å². The van der Waals surface area contributed by atoms with E-state index in [2.05, 4.69) is 41.6 Å². The normalized spacial score (nSPS) is 14.4. The van der Waals surface area contributed by atoms with Gasteiger partial charge in [-0.3, -0.25) is 14.6 Å². The third-order valence-electron chi connectivity index (χ3n) is 2.99. The minimum absolute atomic E-state index is 0.0309. The van der Waals surface area contributed by atoms with Crippen molar-refractivity contribution in [3.63, 3.8) is 0 Å². The molecule has 1 aliphatic rings. The van der Waals surface area contributed by atoms with Gasteiger partial charge in [0.25, 0.3) is 0 Å². The average molecular weight is 403 g/mol. The second-order valence-electron chi connectivity index (χ2n) is 4.19. The van der Waals surface area contributed by atoms with Crippen molar-refractivity contribution in [3.05, 3.63) is 37.0 Å². The summed E-state index contributed by atoms with van der Waals surface area (Å²) in [5.41, 5.74) is 0.967. The third-order valence-corrected chi connectivity index (χ3v) is 5.04. The fourth-order valence-electron chi connectivity index (χ4n) is 2.13. The summed E-state index contributed by atoms with van der Waals surface area (Å²) in [6, 6.07) is 0. The van der Waals surface area contributed by atoms with Gasteiger partial charge in [0.1, 0.15) is 0 Å². The molecule has 0 radical (unpaired) electrons. The van der Waals surface area contributed by atoms with Gasteiger partial charge in [0, 0.05) is 5.69 Å². The van der Waals surface area contributed by atoms with Crippen LogP contribution in [-0.4, -0.2) is 29.6 Å². The molecule has 7 heteroatoms. The van der Waals surface area contributed by atoms with Gasteiger partial charge < -0.3 is 4.74 Å². The van der Waals surface area contributed by atoms with Crippen molar-refractivity contribution in [1.29, 1.82) is 0 Å². The summed E-state index contributed by atoms with van der Waals surface area (Å²) in [7, 11) is 1.21. The number of esters is 1. The molecule has 104 valence electrons. The topological polar surface area (TPSA) is 73.3 Å². The predicted octanol–water partition coefficient (Wildman–Crippen LogP) is 2.87. The number of carbonyl (C=O) groups excluding carboxylic acids is 3. The Morgan fingerprint density at radius 1 is 1.00 bits per heavy atom. The summed E-state index contributed by atoms with van der Waals surface area (Å²) in [5, 5.41) is 0. The molecular formula is C13H9Br2NO4. The lowest BCUT2D eigenvalue weighted by Crippen LogP contribution is -2.25. The maximum atomic E-state index is 12.4. The average Bonchev–Trinajstić information content (AvgIpc) is 2.41. The number of nitrogens with zero attached hydrogens (tertiary/aromatic N) is 1. The van der Waals surface area contributed by atoms with Crippen molar-refractivity contribution in [1.82, 2.24) is 4.98 Å². The molecule has 0 N–H and O–H groups in total. The third kappa shape index (κ3) is 2.05. The lowest BCUT2D eigenvalue weighted by Gasteiger charge is -2.20. The van der Waals surface area contributed by atoms with E-state index in [0.717, 1.165) is 0 Å². The summed E-state index contributed by atoms with van der Waals surface area (Å²) < 4.78 is 4.90. The van der Waals surface area contributed by atoms with Crippen molar-refractivity contribution < 1.29 is 19.1 Å². The van der Waals surface area contributed by atoms with E-state index in [0.29, 0.717) is 11.4 Å². The number of carbonyl (C=O) groups is 3. The number of rotatable bonds is 1. The highest BCUT2D eigenvalue weighted by molar-refractivity contribution is 9.14. The second-order valence-corrected chi connectivity index (χ2v) is 5.77. The van der Waals surface area contributed by atoms with Gasteiger partial charge in [-0.15, -0.1) is 0 Å². The van der Waals surface area contributed by atoms with E-state index in [1.165, 1.54) is 7.11 Å². The highest BCUT2D eigenvalue weighted by atomic mass is 79.9. The number of fused-ring (bicyclic) bond motifs is 1. The van der Waals surface area contributed by atoms with Crippen molar-refractivity contribution in [2.24, 2.45) is 0 Å². The van der Waals surface area contributed by atoms with E-state index in [9.17, 15) is 14.4 Å². The number of pyridine rings is 1. The summed E-state index contributed by atoms with van der Waals surface area (Å²) in [6.45, 7) is 3.22. The van der Waals surface area contributed by atoms with Gasteiger partial charge in [-0.05, 0) is 45.7 Å². The van der Waals surface area contributed by atoms with Gasteiger partial charge in [0.2, 0.25) is 11.6 Å². The molecule has 0 atom stereocenters. The van der Waals surface area contributed by atoms with E-state index in [-0.39, 0.29) is 31.4 Å². The van der Waals surface area contributed by atoms with E-state index >= 15 is 0 Å². The van der Waals surface area contributed by atoms with Crippen molar-refractivity contribution in [2.45, 2.75) is 13.8 Å². The SMILES string of the molecule is COC(=O)c1c(C)nc(C)c2c1C(=O)C(Br)=C(Br)C2=O. The number of hydrogen-bond acceptors (Lipinski definition) is 5. The van der Waals surface area contributed by atoms with Gasteiger partial charge in [-0.1, -0.05) is 0 Å². The Hall–Kier alpha value is -1.34. The Bertz CT molecular complexity index is 707. The number of methoxy groups -OCH3 is 1. The van der Waals surface area contributed by atoms with Crippen LogP contribution in [0, 0.1) is 13.8 Å². The van der Waals surface area contributed by atoms with E-state index < -0.39 is 11.8 Å². The highest BCUT2D eigenvalue weighted by Gasteiger charge is 2.36. The molecule has 0 bridgehead atoms. The Balaban J connectivity index is 2.92. The monoisotopic (exact) mass is 401 g/mol. The molecule has 0 saturated heterocycles. The van der Waals surface area contributed by atoms with Gasteiger partial charge in [0.05, 0.1) is 38.5 Å². The second kappa shape index (κ2) is 5.21. The van der Waals surface area contributed by atoms with Crippen LogP contribution in [0.25, 0.3) is 0 Å². The van der Waals surface area contributed by atoms with Crippen LogP contribution in [0.3, 0.4) is 0 Å². The first-order chi connectivity index (χ1) is 9.31. The number of allylic oxidation sites excluding steroid dienone is 2. The first-order valence-electron chi connectivity index (χ1n) is 5.55. The number of hydrogen-bond donors (Lipinski definition) is 0. The van der Waals surface area contributed by atoms with Gasteiger partial charge in [-0.25, -0.2) is 4.79 Å². The minimum Gasteiger partial charge on any atom is -0.465 e. The Morgan fingerprint density at radius 2 is 1.50 bits per heavy atom. The van der Waals surface area contributed by atoms with Gasteiger partial charge >= 0.3 is 5.97 Å². The number of ketones is 2. The maximum absolute atomic E-state index is 12.4. The quantitative estimate of drug-likeness (QED) is 0.675. The maximum Gasteiger partial charge on any atom is 0.340 e. The largest absolute Gasteiger partial charge is 0.465 e. The number of Topliss-reactive ketones (excluding diaryl/α,β-unsaturated/α-hetero) is 2. The van der Waals surface area contributed by atoms with Crippen LogP contribution >= 0.6 is 31.9 Å². The zero-order valence-corrected chi connectivity index (χ0v) is 14.0. The van der Waals surface area contributed by atoms with E-state index in [4.69, 9.17) is 0 Å². The smallest absolute Gasteiger partial charge is 0.340 e. The molecule has 0 aromatic carbocycles. The summed E-state index contributed by atoms with van der Waals surface area (Å²) in [4.78, 5) is 40.7. The molecule has 20 heavy (non-hydrogen) atoms. The Morgan fingerprint density at radius 3 is 2.00 bits per heavy atom. The Kier molecular flexibility index (Phi) is 3.93. The summed E-state index contributed by atoms with van der Waals surface area (Å²) in [5.74, 6) is -1.52. The fraction of sp³-hybridized carbons (Fsp3) is 0.231. The van der Waals surface area contributed by atoms with Crippen molar-refractivity contribution >= 4 is 49.4 Å². The van der Waals surface area contributed by atoms with Crippen LogP contribution in [-0.2, 0) is 4.74 Å². The fourth-order valence-corrected chi connectivity index (χ4v) is 2.88. The number of aryl methyl sites for hydroxylation is 2. The lowest BCUT2D eigenvalue weighted by molar-refractivity contribution is 0.0596. The van der Waals surface area contributed by atoms with Crippen LogP contribution in [0.5, 0.6) is 0 Å². The molecule has 1 heterocycles. The van der Waals surface area contributed by atoms with Gasteiger partial charge in [-0.2, -0.15) is 0 Å². The predicted molar refractivity (Wildman–Crippen MR) is 78.6 cm³/mol. The standard InChI is InChI=1S/C13H9Br2NO4/c1-4-6-8(7(5(2)16-4)13(19)20-3)12(18)10(15)9(14)11(6)17/h1-3H3. The minimum atomic E-state index is -0.689. The van der Waals surface area contributed by atoms with Crippen LogP contribution in [0.1, 0.15) is 42.5 Å². The van der Waals surface area contributed by atoms with Crippen LogP contribution in [0.15, 0.2) is 8.96 Å². The van der Waals surface area contributed by atoms with Crippen LogP contribution < -0.4 is 0 Å². The molecule has 0 saturated carbocycles. The molecular weight excluding hydrogens is 394 g/mol. The molecule has 0 spiro atoms. The first-order valence-corrected chi connectivity index (χ1v) is 7.14. The molecule has 0 unspecified atom stereocenters. The molecule has 5 nitrogen and oxygen atoms in total. The molecule has 1 aromatic rings. The zero-order chi connectivity index (χ0) is 15.2. The zero-order valence-electron chi connectivity index (χ0n) is 10.8. The Labute approximate surface area is 131 Å². The number of halogens is 2. The first kappa shape index (κ1) is 15.1. The summed E-state index contributed by atoms with van der Waals surface area (Å²) >= 11 is 6.15. The molecule has 0 fully saturated rings. The molecule has 0 amide bonds. The summed E-state index contributed by atoms with van der Waals surface area (Å²) in [6.07, 6.45) is 0. The van der Waals surface area contributed by atoms with Gasteiger partial charge in [0.15, 0.2) is 0 Å². The van der Waals surface area contributed by atoms with Crippen LogP contribution in [0.4, 0.5) is 0 Å². The molecule has 1 aromatic heterocycles. The lowest BCUT2D eigenvalue weighted by atomic mass is 9.89. The van der Waals surface area contributed by atoms with Crippen molar-refractivity contribution in [2.75, 3.05) is 7.11 Å². The molecule has 2 rings (SSSR count). The number of aromatic nitrogens is 1. The van der Waals surface area contributed by atoms with Crippen LogP contribution in [0.2, 0.25) is 0 Å². The number of ether oxygens (including phenoxy) is 1. The van der Waals surface area contributed by atoms with E-state index in [1.54, 1.807) is 13.8 Å². The molecule has 1 aliphatic carbocycles. The molecule has 0 aliphatic heterocycles. The highest BCUT2D eigenvalue weighted by Crippen LogP contribution is 2.36. The van der Waals surface area contributed by atoms with Crippen molar-refractivity contribution in [3.8, 4) is 0 Å².